The van der Waals surface area contributed by atoms with Crippen molar-refractivity contribution in [1.29, 1.82) is 0 Å². The summed E-state index contributed by atoms with van der Waals surface area (Å²) in [6.07, 6.45) is 3.46. The summed E-state index contributed by atoms with van der Waals surface area (Å²) < 4.78 is 0. The van der Waals surface area contributed by atoms with Crippen molar-refractivity contribution < 1.29 is 0 Å². The summed E-state index contributed by atoms with van der Waals surface area (Å²) in [5, 5.41) is 2.16. The largest absolute Gasteiger partial charge is 0.323 e. The maximum atomic E-state index is 6.29. The summed E-state index contributed by atoms with van der Waals surface area (Å²) in [7, 11) is 0. The van der Waals surface area contributed by atoms with Crippen LogP contribution < -0.4 is 5.73 Å². The molecular formula is C12H21NS. The molecule has 1 unspecified atom stereocenters. The van der Waals surface area contributed by atoms with Crippen LogP contribution in [0.25, 0.3) is 0 Å². The minimum atomic E-state index is 0.250. The predicted octanol–water partition coefficient (Wildman–Crippen LogP) is 3.75. The van der Waals surface area contributed by atoms with E-state index in [1.54, 1.807) is 0 Å². The number of nitrogens with two attached hydrogens (primary N) is 1. The minimum absolute atomic E-state index is 0.250. The first kappa shape index (κ1) is 11.7. The summed E-state index contributed by atoms with van der Waals surface area (Å²) in [5.74, 6) is 0.638. The highest BCUT2D eigenvalue weighted by Crippen LogP contribution is 2.31. The smallest absolute Gasteiger partial charge is 0.0420 e. The third-order valence-corrected chi connectivity index (χ3v) is 4.08. The lowest BCUT2D eigenvalue weighted by molar-refractivity contribution is 0.408. The van der Waals surface area contributed by atoms with Crippen LogP contribution in [0.15, 0.2) is 11.4 Å². The topological polar surface area (TPSA) is 26.0 Å². The third-order valence-electron chi connectivity index (χ3n) is 3.02. The molecule has 0 amide bonds. The van der Waals surface area contributed by atoms with E-state index in [1.165, 1.54) is 23.3 Å². The van der Waals surface area contributed by atoms with Gasteiger partial charge in [0.05, 0.1) is 0 Å². The second-order valence-electron chi connectivity index (χ2n) is 3.77. The fourth-order valence-corrected chi connectivity index (χ4v) is 3.03. The van der Waals surface area contributed by atoms with Gasteiger partial charge in [-0.15, -0.1) is 11.3 Å². The van der Waals surface area contributed by atoms with Crippen molar-refractivity contribution in [2.24, 2.45) is 11.7 Å². The summed E-state index contributed by atoms with van der Waals surface area (Å²) in [4.78, 5) is 1.40. The highest BCUT2D eigenvalue weighted by molar-refractivity contribution is 7.10. The van der Waals surface area contributed by atoms with Crippen LogP contribution >= 0.6 is 11.3 Å². The first-order valence-corrected chi connectivity index (χ1v) is 6.44. The van der Waals surface area contributed by atoms with E-state index in [0.29, 0.717) is 5.92 Å². The Morgan fingerprint density at radius 2 is 1.93 bits per heavy atom. The molecule has 0 saturated heterocycles. The van der Waals surface area contributed by atoms with Gasteiger partial charge in [0.25, 0.3) is 0 Å². The van der Waals surface area contributed by atoms with Crippen LogP contribution in [0.5, 0.6) is 0 Å². The highest BCUT2D eigenvalue weighted by atomic mass is 32.1. The van der Waals surface area contributed by atoms with Crippen molar-refractivity contribution in [3.8, 4) is 0 Å². The lowest BCUT2D eigenvalue weighted by Crippen LogP contribution is -2.20. The Morgan fingerprint density at radius 1 is 1.29 bits per heavy atom. The van der Waals surface area contributed by atoms with E-state index >= 15 is 0 Å². The van der Waals surface area contributed by atoms with Gasteiger partial charge in [-0.1, -0.05) is 33.6 Å². The zero-order chi connectivity index (χ0) is 10.6. The average Bonchev–Trinajstić information content (AvgIpc) is 2.67. The number of aryl methyl sites for hydroxylation is 1. The molecule has 1 atom stereocenters. The Bertz CT molecular complexity index is 263. The molecule has 80 valence electrons. The van der Waals surface area contributed by atoms with E-state index < -0.39 is 0 Å². The summed E-state index contributed by atoms with van der Waals surface area (Å²) in [6.45, 7) is 6.66. The van der Waals surface area contributed by atoms with Gasteiger partial charge < -0.3 is 5.73 Å². The molecule has 2 heteroatoms. The normalized spacial score (nSPS) is 13.5. The second-order valence-corrected chi connectivity index (χ2v) is 4.71. The van der Waals surface area contributed by atoms with E-state index in [4.69, 9.17) is 5.73 Å². The Balaban J connectivity index is 2.81. The van der Waals surface area contributed by atoms with Crippen LogP contribution in [0, 0.1) is 5.92 Å². The standard InChI is InChI=1S/C12H21NS/c1-4-9(5-2)11(13)12-10(6-3)7-8-14-12/h7-9,11H,4-6,13H2,1-3H3. The molecule has 2 N–H and O–H groups in total. The van der Waals surface area contributed by atoms with E-state index in [2.05, 4.69) is 32.2 Å². The van der Waals surface area contributed by atoms with Crippen molar-refractivity contribution in [3.63, 3.8) is 0 Å². The second kappa shape index (κ2) is 5.52. The number of hydrogen-bond donors (Lipinski definition) is 1. The quantitative estimate of drug-likeness (QED) is 0.788. The predicted molar refractivity (Wildman–Crippen MR) is 64.7 cm³/mol. The van der Waals surface area contributed by atoms with Gasteiger partial charge in [0, 0.05) is 10.9 Å². The van der Waals surface area contributed by atoms with Gasteiger partial charge in [-0.2, -0.15) is 0 Å². The van der Waals surface area contributed by atoms with Crippen molar-refractivity contribution in [1.82, 2.24) is 0 Å². The van der Waals surface area contributed by atoms with Gasteiger partial charge in [-0.3, -0.25) is 0 Å². The van der Waals surface area contributed by atoms with Crippen LogP contribution in [0.3, 0.4) is 0 Å². The van der Waals surface area contributed by atoms with E-state index in [0.717, 1.165) is 6.42 Å². The maximum Gasteiger partial charge on any atom is 0.0420 e. The minimum Gasteiger partial charge on any atom is -0.323 e. The average molecular weight is 211 g/mol. The molecule has 0 aliphatic carbocycles. The van der Waals surface area contributed by atoms with E-state index in [9.17, 15) is 0 Å². The molecule has 1 rings (SSSR count). The first-order chi connectivity index (χ1) is 6.74. The van der Waals surface area contributed by atoms with Gasteiger partial charge in [0.15, 0.2) is 0 Å². The highest BCUT2D eigenvalue weighted by Gasteiger charge is 2.19. The first-order valence-electron chi connectivity index (χ1n) is 5.56. The Morgan fingerprint density at radius 3 is 2.43 bits per heavy atom. The molecule has 1 aromatic rings. The van der Waals surface area contributed by atoms with Gasteiger partial charge in [-0.25, -0.2) is 0 Å². The molecule has 0 fully saturated rings. The molecular weight excluding hydrogens is 190 g/mol. The molecule has 0 radical (unpaired) electrons. The van der Waals surface area contributed by atoms with Crippen LogP contribution in [-0.2, 0) is 6.42 Å². The van der Waals surface area contributed by atoms with Gasteiger partial charge in [0.1, 0.15) is 0 Å². The fraction of sp³-hybridized carbons (Fsp3) is 0.667. The molecule has 0 saturated carbocycles. The van der Waals surface area contributed by atoms with Crippen molar-refractivity contribution in [2.75, 3.05) is 0 Å². The maximum absolute atomic E-state index is 6.29. The lowest BCUT2D eigenvalue weighted by Gasteiger charge is -2.21. The molecule has 0 aliphatic rings. The SMILES string of the molecule is CCc1ccsc1C(N)C(CC)CC. The third kappa shape index (κ3) is 2.37. The summed E-state index contributed by atoms with van der Waals surface area (Å²) in [5.41, 5.74) is 7.73. The molecule has 0 aliphatic heterocycles. The molecule has 0 bridgehead atoms. The van der Waals surface area contributed by atoms with Crippen LogP contribution in [-0.4, -0.2) is 0 Å². The van der Waals surface area contributed by atoms with E-state index in [1.807, 2.05) is 11.3 Å². The fourth-order valence-electron chi connectivity index (χ4n) is 1.94. The van der Waals surface area contributed by atoms with Gasteiger partial charge in [-0.05, 0) is 29.3 Å². The Labute approximate surface area is 91.3 Å². The Kier molecular flexibility index (Phi) is 4.63. The van der Waals surface area contributed by atoms with Crippen LogP contribution in [0.4, 0.5) is 0 Å². The summed E-state index contributed by atoms with van der Waals surface area (Å²) in [6, 6.07) is 2.46. The number of thiophene rings is 1. The number of hydrogen-bond acceptors (Lipinski definition) is 2. The molecule has 1 nitrogen and oxygen atoms in total. The van der Waals surface area contributed by atoms with Gasteiger partial charge in [0.2, 0.25) is 0 Å². The van der Waals surface area contributed by atoms with Crippen LogP contribution in [0.2, 0.25) is 0 Å². The van der Waals surface area contributed by atoms with Gasteiger partial charge >= 0.3 is 0 Å². The lowest BCUT2D eigenvalue weighted by atomic mass is 9.92. The van der Waals surface area contributed by atoms with Crippen molar-refractivity contribution in [3.05, 3.63) is 21.9 Å². The van der Waals surface area contributed by atoms with Crippen LogP contribution in [0.1, 0.15) is 50.1 Å². The molecule has 14 heavy (non-hydrogen) atoms. The van der Waals surface area contributed by atoms with E-state index in [-0.39, 0.29) is 6.04 Å². The summed E-state index contributed by atoms with van der Waals surface area (Å²) >= 11 is 1.82. The molecule has 1 heterocycles. The molecule has 0 aromatic carbocycles. The molecule has 0 spiro atoms. The zero-order valence-corrected chi connectivity index (χ0v) is 10.2. The zero-order valence-electron chi connectivity index (χ0n) is 9.42. The monoisotopic (exact) mass is 211 g/mol. The van der Waals surface area contributed by atoms with Crippen molar-refractivity contribution >= 4 is 11.3 Å². The molecule has 1 aromatic heterocycles. The Hall–Kier alpha value is -0.340. The van der Waals surface area contributed by atoms with Crippen molar-refractivity contribution in [2.45, 2.75) is 46.1 Å². The number of rotatable bonds is 5.